The molecular weight excluding hydrogens is 303 g/mol. The molecule has 118 valence electrons. The topological polar surface area (TPSA) is 51.2 Å². The van der Waals surface area contributed by atoms with E-state index in [1.54, 1.807) is 18.4 Å². The Balaban J connectivity index is 2.24. The van der Waals surface area contributed by atoms with Crippen molar-refractivity contribution in [3.63, 3.8) is 0 Å². The number of carbonyl (C=O) groups is 1. The molecule has 1 unspecified atom stereocenters. The Hall–Kier alpha value is -1.82. The van der Waals surface area contributed by atoms with Crippen LogP contribution in [0.5, 0.6) is 5.88 Å². The standard InChI is InChI=1S/C16H19FN2O2S/c1-16(2,3)19-13(20)15(22-4)21-14-11(17)9-10-7-5-6-8-12(10)18-14/h5-9,15H,1-4H3,(H,19,20). The number of ether oxygens (including phenoxy) is 1. The molecule has 0 saturated carbocycles. The number of benzene rings is 1. The zero-order valence-electron chi connectivity index (χ0n) is 13.0. The number of halogens is 1. The van der Waals surface area contributed by atoms with Crippen molar-refractivity contribution in [2.45, 2.75) is 31.7 Å². The average Bonchev–Trinajstić information content (AvgIpc) is 2.43. The van der Waals surface area contributed by atoms with E-state index in [0.29, 0.717) is 10.9 Å². The molecule has 0 fully saturated rings. The van der Waals surface area contributed by atoms with E-state index in [9.17, 15) is 9.18 Å². The van der Waals surface area contributed by atoms with Crippen molar-refractivity contribution in [3.8, 4) is 5.88 Å². The van der Waals surface area contributed by atoms with Crippen LogP contribution in [0.1, 0.15) is 20.8 Å². The molecule has 6 heteroatoms. The van der Waals surface area contributed by atoms with E-state index in [2.05, 4.69) is 10.3 Å². The molecule has 0 spiro atoms. The Morgan fingerprint density at radius 3 is 2.68 bits per heavy atom. The quantitative estimate of drug-likeness (QED) is 0.877. The van der Waals surface area contributed by atoms with Gasteiger partial charge in [0.05, 0.1) is 5.52 Å². The van der Waals surface area contributed by atoms with Crippen molar-refractivity contribution in [1.82, 2.24) is 10.3 Å². The number of aromatic nitrogens is 1. The Labute approximate surface area is 133 Å². The molecule has 0 radical (unpaired) electrons. The molecule has 0 saturated heterocycles. The van der Waals surface area contributed by atoms with E-state index >= 15 is 0 Å². The molecule has 0 aliphatic rings. The van der Waals surface area contributed by atoms with Gasteiger partial charge in [0.1, 0.15) is 0 Å². The summed E-state index contributed by atoms with van der Waals surface area (Å²) in [5.74, 6) is -1.06. The smallest absolute Gasteiger partial charge is 0.272 e. The monoisotopic (exact) mass is 322 g/mol. The minimum absolute atomic E-state index is 0.165. The van der Waals surface area contributed by atoms with Gasteiger partial charge in [0.15, 0.2) is 5.82 Å². The molecule has 4 nitrogen and oxygen atoms in total. The van der Waals surface area contributed by atoms with E-state index in [1.807, 2.05) is 32.9 Å². The summed E-state index contributed by atoms with van der Waals surface area (Å²) in [5, 5.41) is 3.50. The number of nitrogens with one attached hydrogen (secondary N) is 1. The molecule has 0 aliphatic heterocycles. The van der Waals surface area contributed by atoms with Gasteiger partial charge in [-0.3, -0.25) is 4.79 Å². The van der Waals surface area contributed by atoms with E-state index in [1.165, 1.54) is 17.8 Å². The molecule has 0 bridgehead atoms. The van der Waals surface area contributed by atoms with Crippen molar-refractivity contribution in [2.75, 3.05) is 6.26 Å². The number of rotatable bonds is 4. The summed E-state index contributed by atoms with van der Waals surface area (Å²) >= 11 is 1.19. The van der Waals surface area contributed by atoms with Crippen LogP contribution >= 0.6 is 11.8 Å². The number of amides is 1. The first-order valence-corrected chi connectivity index (χ1v) is 8.16. The predicted molar refractivity (Wildman–Crippen MR) is 87.5 cm³/mol. The number of nitrogens with zero attached hydrogens (tertiary/aromatic N) is 1. The molecule has 1 atom stereocenters. The Morgan fingerprint density at radius 2 is 2.05 bits per heavy atom. The summed E-state index contributed by atoms with van der Waals surface area (Å²) in [5.41, 5.74) is -0.624. The van der Waals surface area contributed by atoms with Crippen LogP contribution in [0, 0.1) is 5.82 Å². The lowest BCUT2D eigenvalue weighted by molar-refractivity contribution is -0.126. The average molecular weight is 322 g/mol. The fourth-order valence-electron chi connectivity index (χ4n) is 1.89. The second-order valence-electron chi connectivity index (χ2n) is 5.89. The van der Waals surface area contributed by atoms with Crippen LogP contribution in [0.25, 0.3) is 10.9 Å². The predicted octanol–water partition coefficient (Wildman–Crippen LogP) is 3.36. The summed E-state index contributed by atoms with van der Waals surface area (Å²) in [6.07, 6.45) is 1.73. The highest BCUT2D eigenvalue weighted by atomic mass is 32.2. The van der Waals surface area contributed by atoms with Crippen LogP contribution in [0.3, 0.4) is 0 Å². The molecule has 22 heavy (non-hydrogen) atoms. The molecule has 1 amide bonds. The van der Waals surface area contributed by atoms with Crippen LogP contribution in [0.15, 0.2) is 30.3 Å². The molecule has 1 aromatic heterocycles. The van der Waals surface area contributed by atoms with Crippen molar-refractivity contribution >= 4 is 28.6 Å². The van der Waals surface area contributed by atoms with Gasteiger partial charge in [-0.15, -0.1) is 11.8 Å². The van der Waals surface area contributed by atoms with Gasteiger partial charge in [-0.2, -0.15) is 0 Å². The van der Waals surface area contributed by atoms with E-state index in [0.717, 1.165) is 0 Å². The Kier molecular flexibility index (Phi) is 4.90. The van der Waals surface area contributed by atoms with Gasteiger partial charge in [0.25, 0.3) is 11.8 Å². The van der Waals surface area contributed by atoms with Crippen LogP contribution in [-0.4, -0.2) is 28.1 Å². The third kappa shape index (κ3) is 4.10. The second-order valence-corrected chi connectivity index (χ2v) is 6.79. The molecule has 2 aromatic rings. The molecular formula is C16H19FN2O2S. The fourth-order valence-corrected chi connectivity index (χ4v) is 2.35. The highest BCUT2D eigenvalue weighted by molar-refractivity contribution is 7.99. The van der Waals surface area contributed by atoms with Crippen LogP contribution < -0.4 is 10.1 Å². The maximum Gasteiger partial charge on any atom is 0.272 e. The van der Waals surface area contributed by atoms with Gasteiger partial charge in [-0.25, -0.2) is 9.37 Å². The third-order valence-corrected chi connectivity index (χ3v) is 3.53. The lowest BCUT2D eigenvalue weighted by atomic mass is 10.1. The lowest BCUT2D eigenvalue weighted by Gasteiger charge is -2.24. The van der Waals surface area contributed by atoms with Gasteiger partial charge >= 0.3 is 0 Å². The lowest BCUT2D eigenvalue weighted by Crippen LogP contribution is -2.46. The first kappa shape index (κ1) is 16.5. The molecule has 0 aliphatic carbocycles. The first-order chi connectivity index (χ1) is 10.3. The van der Waals surface area contributed by atoms with Crippen molar-refractivity contribution < 1.29 is 13.9 Å². The van der Waals surface area contributed by atoms with Gasteiger partial charge < -0.3 is 10.1 Å². The second kappa shape index (κ2) is 6.52. The van der Waals surface area contributed by atoms with Gasteiger partial charge in [0.2, 0.25) is 5.44 Å². The minimum atomic E-state index is -0.859. The Morgan fingerprint density at radius 1 is 1.36 bits per heavy atom. The summed E-state index contributed by atoms with van der Waals surface area (Å²) in [6.45, 7) is 5.62. The van der Waals surface area contributed by atoms with Crippen LogP contribution in [0.4, 0.5) is 4.39 Å². The zero-order valence-corrected chi connectivity index (χ0v) is 13.8. The molecule has 1 N–H and O–H groups in total. The van der Waals surface area contributed by atoms with Crippen LogP contribution in [0.2, 0.25) is 0 Å². The number of para-hydroxylation sites is 1. The Bertz CT molecular complexity index is 685. The number of carbonyl (C=O) groups excluding carboxylic acids is 1. The highest BCUT2D eigenvalue weighted by Gasteiger charge is 2.25. The summed E-state index contributed by atoms with van der Waals surface area (Å²) in [7, 11) is 0. The first-order valence-electron chi connectivity index (χ1n) is 6.87. The minimum Gasteiger partial charge on any atom is -0.451 e. The molecule has 1 aromatic carbocycles. The maximum atomic E-state index is 14.1. The largest absolute Gasteiger partial charge is 0.451 e. The van der Waals surface area contributed by atoms with Crippen molar-refractivity contribution in [2.24, 2.45) is 0 Å². The van der Waals surface area contributed by atoms with Crippen LogP contribution in [-0.2, 0) is 4.79 Å². The number of pyridine rings is 1. The van der Waals surface area contributed by atoms with Crippen molar-refractivity contribution in [3.05, 3.63) is 36.1 Å². The van der Waals surface area contributed by atoms with Gasteiger partial charge in [-0.05, 0) is 39.2 Å². The normalized spacial score (nSPS) is 13.0. The van der Waals surface area contributed by atoms with Gasteiger partial charge in [0, 0.05) is 10.9 Å². The zero-order chi connectivity index (χ0) is 16.3. The molecule has 1 heterocycles. The SMILES string of the molecule is CSC(Oc1nc2ccccc2cc1F)C(=O)NC(C)(C)C. The number of hydrogen-bond donors (Lipinski definition) is 1. The summed E-state index contributed by atoms with van der Waals surface area (Å²) in [4.78, 5) is 16.3. The fraction of sp³-hybridized carbons (Fsp3) is 0.375. The summed E-state index contributed by atoms with van der Waals surface area (Å²) < 4.78 is 19.6. The third-order valence-electron chi connectivity index (χ3n) is 2.79. The van der Waals surface area contributed by atoms with Gasteiger partial charge in [-0.1, -0.05) is 18.2 Å². The van der Waals surface area contributed by atoms with E-state index in [-0.39, 0.29) is 17.3 Å². The summed E-state index contributed by atoms with van der Waals surface area (Å²) in [6, 6.07) is 8.52. The maximum absolute atomic E-state index is 14.1. The molecule has 2 rings (SSSR count). The highest BCUT2D eigenvalue weighted by Crippen LogP contribution is 2.23. The van der Waals surface area contributed by atoms with E-state index in [4.69, 9.17) is 4.74 Å². The van der Waals surface area contributed by atoms with Crippen molar-refractivity contribution in [1.29, 1.82) is 0 Å². The number of fused-ring (bicyclic) bond motifs is 1. The van der Waals surface area contributed by atoms with E-state index < -0.39 is 11.3 Å². The number of thioether (sulfide) groups is 1. The number of hydrogen-bond acceptors (Lipinski definition) is 4.